The van der Waals surface area contributed by atoms with E-state index in [0.717, 1.165) is 25.3 Å². The molecule has 0 amide bonds. The molecule has 1 aliphatic rings. The van der Waals surface area contributed by atoms with Crippen molar-refractivity contribution in [1.82, 2.24) is 10.3 Å². The zero-order valence-corrected chi connectivity index (χ0v) is 10.2. The second-order valence-corrected chi connectivity index (χ2v) is 4.31. The molecule has 1 fully saturated rings. The minimum atomic E-state index is 0.521. The van der Waals surface area contributed by atoms with Crippen molar-refractivity contribution in [3.63, 3.8) is 0 Å². The molecule has 0 aliphatic carbocycles. The lowest BCUT2D eigenvalue weighted by molar-refractivity contribution is 0.586. The minimum absolute atomic E-state index is 0.521. The monoisotopic (exact) mass is 230 g/mol. The normalized spacial score (nSPS) is 18.9. The summed E-state index contributed by atoms with van der Waals surface area (Å²) in [5.74, 6) is 0. The van der Waals surface area contributed by atoms with Crippen LogP contribution in [-0.4, -0.2) is 30.7 Å². The highest BCUT2D eigenvalue weighted by Gasteiger charge is 2.19. The highest BCUT2D eigenvalue weighted by atomic mass is 15.2. The lowest BCUT2D eigenvalue weighted by Gasteiger charge is -2.26. The Hall–Kier alpha value is -1.60. The minimum Gasteiger partial charge on any atom is -0.368 e. The number of nitriles is 1. The van der Waals surface area contributed by atoms with Crippen molar-refractivity contribution in [3.05, 3.63) is 24.0 Å². The van der Waals surface area contributed by atoms with Gasteiger partial charge in [-0.2, -0.15) is 5.26 Å². The van der Waals surface area contributed by atoms with E-state index in [2.05, 4.69) is 28.2 Å². The van der Waals surface area contributed by atoms with Crippen LogP contribution in [0.5, 0.6) is 0 Å². The van der Waals surface area contributed by atoms with Crippen LogP contribution < -0.4 is 10.2 Å². The number of likely N-dealkylation sites (N-methyl/N-ethyl adjacent to an activating group) is 1. The highest BCUT2D eigenvalue weighted by Crippen LogP contribution is 2.19. The van der Waals surface area contributed by atoms with Crippen LogP contribution in [0.1, 0.15) is 25.5 Å². The van der Waals surface area contributed by atoms with Gasteiger partial charge in [0.15, 0.2) is 5.69 Å². The summed E-state index contributed by atoms with van der Waals surface area (Å²) in [7, 11) is 0. The molecule has 0 spiro atoms. The molecule has 1 unspecified atom stereocenters. The molecule has 4 heteroatoms. The number of aromatic nitrogens is 1. The predicted molar refractivity (Wildman–Crippen MR) is 67.9 cm³/mol. The summed E-state index contributed by atoms with van der Waals surface area (Å²) in [6, 6.07) is 6.57. The van der Waals surface area contributed by atoms with E-state index in [0.29, 0.717) is 11.7 Å². The molecule has 90 valence electrons. The van der Waals surface area contributed by atoms with Crippen LogP contribution >= 0.6 is 0 Å². The third-order valence-electron chi connectivity index (χ3n) is 3.22. The third-order valence-corrected chi connectivity index (χ3v) is 3.22. The number of anilines is 1. The maximum atomic E-state index is 9.07. The zero-order chi connectivity index (χ0) is 12.1. The summed E-state index contributed by atoms with van der Waals surface area (Å²) in [4.78, 5) is 6.35. The summed E-state index contributed by atoms with van der Waals surface area (Å²) in [5.41, 5.74) is 1.47. The van der Waals surface area contributed by atoms with Crippen LogP contribution in [0.4, 0.5) is 5.69 Å². The molecular formula is C13H18N4. The molecule has 1 aromatic rings. The molecule has 0 radical (unpaired) electrons. The quantitative estimate of drug-likeness (QED) is 0.852. The Kier molecular flexibility index (Phi) is 3.94. The number of hydrogen-bond acceptors (Lipinski definition) is 4. The van der Waals surface area contributed by atoms with E-state index >= 15 is 0 Å². The molecule has 1 aromatic heterocycles. The van der Waals surface area contributed by atoms with Crippen molar-refractivity contribution in [2.45, 2.75) is 25.8 Å². The van der Waals surface area contributed by atoms with Gasteiger partial charge in [-0.05, 0) is 38.4 Å². The van der Waals surface area contributed by atoms with Crippen LogP contribution in [0.3, 0.4) is 0 Å². The SMILES string of the molecule is CCN(CC1CCCN1)c1cccnc1C#N. The average Bonchev–Trinajstić information content (AvgIpc) is 2.89. The highest BCUT2D eigenvalue weighted by molar-refractivity contribution is 5.55. The molecule has 1 saturated heterocycles. The van der Waals surface area contributed by atoms with E-state index in [1.165, 1.54) is 12.8 Å². The van der Waals surface area contributed by atoms with E-state index in [-0.39, 0.29) is 0 Å². The second-order valence-electron chi connectivity index (χ2n) is 4.31. The van der Waals surface area contributed by atoms with E-state index in [1.807, 2.05) is 12.1 Å². The average molecular weight is 230 g/mol. The van der Waals surface area contributed by atoms with Gasteiger partial charge in [0.1, 0.15) is 6.07 Å². The fraction of sp³-hybridized carbons (Fsp3) is 0.538. The first-order valence-corrected chi connectivity index (χ1v) is 6.18. The molecule has 4 nitrogen and oxygen atoms in total. The zero-order valence-electron chi connectivity index (χ0n) is 10.2. The van der Waals surface area contributed by atoms with Crippen molar-refractivity contribution in [3.8, 4) is 6.07 Å². The summed E-state index contributed by atoms with van der Waals surface area (Å²) < 4.78 is 0. The fourth-order valence-electron chi connectivity index (χ4n) is 2.31. The third kappa shape index (κ3) is 2.75. The molecule has 2 heterocycles. The molecule has 0 saturated carbocycles. The van der Waals surface area contributed by atoms with Crippen LogP contribution in [0, 0.1) is 11.3 Å². The Morgan fingerprint density at radius 3 is 3.18 bits per heavy atom. The second kappa shape index (κ2) is 5.65. The Morgan fingerprint density at radius 1 is 1.65 bits per heavy atom. The summed E-state index contributed by atoms with van der Waals surface area (Å²) in [6.45, 7) is 5.08. The first-order valence-electron chi connectivity index (χ1n) is 6.18. The van der Waals surface area contributed by atoms with Crippen molar-refractivity contribution in [2.75, 3.05) is 24.5 Å². The molecule has 0 bridgehead atoms. The lowest BCUT2D eigenvalue weighted by Crippen LogP contribution is -2.37. The van der Waals surface area contributed by atoms with Gasteiger partial charge in [-0.25, -0.2) is 4.98 Å². The van der Waals surface area contributed by atoms with E-state index in [9.17, 15) is 0 Å². The molecule has 1 N–H and O–H groups in total. The van der Waals surface area contributed by atoms with Crippen molar-refractivity contribution >= 4 is 5.69 Å². The maximum Gasteiger partial charge on any atom is 0.163 e. The molecule has 1 atom stereocenters. The van der Waals surface area contributed by atoms with E-state index in [1.54, 1.807) is 6.20 Å². The Morgan fingerprint density at radius 2 is 2.53 bits per heavy atom. The van der Waals surface area contributed by atoms with E-state index < -0.39 is 0 Å². The summed E-state index contributed by atoms with van der Waals surface area (Å²) in [5, 5.41) is 12.6. The fourth-order valence-corrected chi connectivity index (χ4v) is 2.31. The molecule has 0 aromatic carbocycles. The van der Waals surface area contributed by atoms with Gasteiger partial charge in [-0.3, -0.25) is 0 Å². The van der Waals surface area contributed by atoms with Gasteiger partial charge in [0.25, 0.3) is 0 Å². The van der Waals surface area contributed by atoms with Crippen molar-refractivity contribution in [1.29, 1.82) is 5.26 Å². The largest absolute Gasteiger partial charge is 0.368 e. The Bertz CT molecular complexity index is 404. The van der Waals surface area contributed by atoms with Gasteiger partial charge < -0.3 is 10.2 Å². The summed E-state index contributed by atoms with van der Waals surface area (Å²) >= 11 is 0. The topological polar surface area (TPSA) is 52.0 Å². The smallest absolute Gasteiger partial charge is 0.163 e. The standard InChI is InChI=1S/C13H18N4/c1-2-17(10-11-5-3-7-15-11)13-6-4-8-16-12(13)9-14/h4,6,8,11,15H,2-3,5,7,10H2,1H3. The van der Waals surface area contributed by atoms with Gasteiger partial charge >= 0.3 is 0 Å². The van der Waals surface area contributed by atoms with Gasteiger partial charge in [0.2, 0.25) is 0 Å². The number of hydrogen-bond donors (Lipinski definition) is 1. The van der Waals surface area contributed by atoms with Gasteiger partial charge in [-0.15, -0.1) is 0 Å². The van der Waals surface area contributed by atoms with Crippen molar-refractivity contribution < 1.29 is 0 Å². The first-order chi connectivity index (χ1) is 8.35. The summed E-state index contributed by atoms with van der Waals surface area (Å²) in [6.07, 6.45) is 4.14. The van der Waals surface area contributed by atoms with Gasteiger partial charge in [0.05, 0.1) is 5.69 Å². The molecule has 1 aliphatic heterocycles. The van der Waals surface area contributed by atoms with Crippen LogP contribution in [0.25, 0.3) is 0 Å². The molecule has 17 heavy (non-hydrogen) atoms. The van der Waals surface area contributed by atoms with Gasteiger partial charge in [-0.1, -0.05) is 0 Å². The molecule has 2 rings (SSSR count). The Balaban J connectivity index is 2.14. The number of rotatable bonds is 4. The number of nitrogens with zero attached hydrogens (tertiary/aromatic N) is 3. The molecular weight excluding hydrogens is 212 g/mol. The van der Waals surface area contributed by atoms with Crippen LogP contribution in [0.15, 0.2) is 18.3 Å². The maximum absolute atomic E-state index is 9.07. The van der Waals surface area contributed by atoms with Crippen LogP contribution in [0.2, 0.25) is 0 Å². The van der Waals surface area contributed by atoms with Gasteiger partial charge in [0, 0.05) is 25.3 Å². The van der Waals surface area contributed by atoms with Crippen LogP contribution in [-0.2, 0) is 0 Å². The Labute approximate surface area is 102 Å². The lowest BCUT2D eigenvalue weighted by atomic mass is 10.2. The number of pyridine rings is 1. The predicted octanol–water partition coefficient (Wildman–Crippen LogP) is 1.53. The van der Waals surface area contributed by atoms with E-state index in [4.69, 9.17) is 5.26 Å². The number of nitrogens with one attached hydrogen (secondary N) is 1. The van der Waals surface area contributed by atoms with Crippen molar-refractivity contribution in [2.24, 2.45) is 0 Å². The first kappa shape index (κ1) is 11.9.